The third-order valence-electron chi connectivity index (χ3n) is 4.16. The third-order valence-corrected chi connectivity index (χ3v) is 4.16. The van der Waals surface area contributed by atoms with Crippen LogP contribution in [0.5, 0.6) is 0 Å². The van der Waals surface area contributed by atoms with Crippen molar-refractivity contribution in [3.05, 3.63) is 59.8 Å². The molecule has 2 aromatic rings. The van der Waals surface area contributed by atoms with Crippen LogP contribution in [0.3, 0.4) is 0 Å². The molecule has 0 spiro atoms. The number of benzene rings is 1. The minimum atomic E-state index is -0.343. The Morgan fingerprint density at radius 1 is 1.29 bits per heavy atom. The van der Waals surface area contributed by atoms with Crippen LogP contribution >= 0.6 is 0 Å². The van der Waals surface area contributed by atoms with E-state index in [1.54, 1.807) is 25.3 Å². The van der Waals surface area contributed by atoms with Crippen molar-refractivity contribution in [1.29, 1.82) is 0 Å². The van der Waals surface area contributed by atoms with Crippen LogP contribution in [0.15, 0.2) is 48.7 Å². The van der Waals surface area contributed by atoms with Crippen molar-refractivity contribution < 1.29 is 14.3 Å². The van der Waals surface area contributed by atoms with E-state index < -0.39 is 0 Å². The highest BCUT2D eigenvalue weighted by molar-refractivity contribution is 5.89. The minimum Gasteiger partial charge on any atom is -0.462 e. The van der Waals surface area contributed by atoms with E-state index in [0.29, 0.717) is 18.1 Å². The fourth-order valence-corrected chi connectivity index (χ4v) is 2.92. The van der Waals surface area contributed by atoms with Crippen molar-refractivity contribution in [3.8, 4) is 0 Å². The molecule has 0 bridgehead atoms. The lowest BCUT2D eigenvalue weighted by Gasteiger charge is -2.19. The van der Waals surface area contributed by atoms with Gasteiger partial charge in [0.15, 0.2) is 0 Å². The molecule has 1 saturated heterocycles. The van der Waals surface area contributed by atoms with E-state index in [1.165, 1.54) is 5.56 Å². The number of hydrogen-bond donors (Lipinski definition) is 1. The molecule has 1 aromatic carbocycles. The number of esters is 1. The molecule has 5 nitrogen and oxygen atoms in total. The predicted molar refractivity (Wildman–Crippen MR) is 91.9 cm³/mol. The summed E-state index contributed by atoms with van der Waals surface area (Å²) in [7, 11) is 0. The molecule has 24 heavy (non-hydrogen) atoms. The highest BCUT2D eigenvalue weighted by Crippen LogP contribution is 2.34. The predicted octanol–water partition coefficient (Wildman–Crippen LogP) is 3.45. The monoisotopic (exact) mass is 326 g/mol. The SMILES string of the molecule is CCOC(=O)c1ccc(NCC2CCOC2c2ccccc2)nc1. The molecule has 1 N–H and O–H groups in total. The van der Waals surface area contributed by atoms with Gasteiger partial charge in [-0.15, -0.1) is 0 Å². The van der Waals surface area contributed by atoms with Gasteiger partial charge in [-0.25, -0.2) is 9.78 Å². The second-order valence-corrected chi connectivity index (χ2v) is 5.78. The highest BCUT2D eigenvalue weighted by Gasteiger charge is 2.29. The second kappa shape index (κ2) is 7.93. The molecule has 0 saturated carbocycles. The molecule has 2 atom stereocenters. The van der Waals surface area contributed by atoms with Crippen molar-refractivity contribution in [2.75, 3.05) is 25.1 Å². The van der Waals surface area contributed by atoms with E-state index in [0.717, 1.165) is 25.4 Å². The normalized spacial score (nSPS) is 19.9. The van der Waals surface area contributed by atoms with Gasteiger partial charge in [-0.1, -0.05) is 30.3 Å². The largest absolute Gasteiger partial charge is 0.462 e. The first-order chi connectivity index (χ1) is 11.8. The van der Waals surface area contributed by atoms with Gasteiger partial charge in [-0.3, -0.25) is 0 Å². The fraction of sp³-hybridized carbons (Fsp3) is 0.368. The van der Waals surface area contributed by atoms with Gasteiger partial charge >= 0.3 is 5.97 Å². The van der Waals surface area contributed by atoms with Crippen molar-refractivity contribution in [1.82, 2.24) is 4.98 Å². The van der Waals surface area contributed by atoms with E-state index in [9.17, 15) is 4.79 Å². The molecule has 0 amide bonds. The standard InChI is InChI=1S/C19H22N2O3/c1-2-23-19(22)16-8-9-17(21-13-16)20-12-15-10-11-24-18(15)14-6-4-3-5-7-14/h3-9,13,15,18H,2,10-12H2,1H3,(H,20,21). The Morgan fingerprint density at radius 3 is 2.83 bits per heavy atom. The van der Waals surface area contributed by atoms with E-state index in [-0.39, 0.29) is 12.1 Å². The zero-order valence-corrected chi connectivity index (χ0v) is 13.8. The minimum absolute atomic E-state index is 0.123. The van der Waals surface area contributed by atoms with E-state index in [2.05, 4.69) is 22.4 Å². The van der Waals surface area contributed by atoms with E-state index >= 15 is 0 Å². The summed E-state index contributed by atoms with van der Waals surface area (Å²) in [6.07, 6.45) is 2.69. The summed E-state index contributed by atoms with van der Waals surface area (Å²) in [5, 5.41) is 3.34. The molecule has 2 unspecified atom stereocenters. The zero-order chi connectivity index (χ0) is 16.8. The number of ether oxygens (including phenoxy) is 2. The fourth-order valence-electron chi connectivity index (χ4n) is 2.92. The summed E-state index contributed by atoms with van der Waals surface area (Å²) < 4.78 is 10.9. The Labute approximate surface area is 142 Å². The second-order valence-electron chi connectivity index (χ2n) is 5.78. The Bertz CT molecular complexity index is 658. The van der Waals surface area contributed by atoms with Gasteiger partial charge in [-0.05, 0) is 31.0 Å². The first kappa shape index (κ1) is 16.5. The molecule has 1 aliphatic heterocycles. The number of nitrogens with one attached hydrogen (secondary N) is 1. The number of anilines is 1. The summed E-state index contributed by atoms with van der Waals surface area (Å²) in [6.45, 7) is 3.71. The highest BCUT2D eigenvalue weighted by atomic mass is 16.5. The summed E-state index contributed by atoms with van der Waals surface area (Å²) in [5.41, 5.74) is 1.68. The summed E-state index contributed by atoms with van der Waals surface area (Å²) in [4.78, 5) is 15.9. The number of aromatic nitrogens is 1. The number of pyridine rings is 1. The number of nitrogens with zero attached hydrogens (tertiary/aromatic N) is 1. The van der Waals surface area contributed by atoms with Crippen LogP contribution in [0.4, 0.5) is 5.82 Å². The molecule has 1 aliphatic rings. The Balaban J connectivity index is 1.58. The first-order valence-electron chi connectivity index (χ1n) is 8.31. The molecule has 3 rings (SSSR count). The van der Waals surface area contributed by atoms with Crippen LogP contribution in [0.2, 0.25) is 0 Å². The number of hydrogen-bond acceptors (Lipinski definition) is 5. The first-order valence-corrected chi connectivity index (χ1v) is 8.31. The smallest absolute Gasteiger partial charge is 0.339 e. The average molecular weight is 326 g/mol. The molecular formula is C19H22N2O3. The number of carbonyl (C=O) groups is 1. The Morgan fingerprint density at radius 2 is 2.12 bits per heavy atom. The van der Waals surface area contributed by atoms with Gasteiger partial charge in [0.05, 0.1) is 18.3 Å². The lowest BCUT2D eigenvalue weighted by molar-refractivity contribution is 0.0526. The average Bonchev–Trinajstić information content (AvgIpc) is 3.10. The molecule has 126 valence electrons. The van der Waals surface area contributed by atoms with Gasteiger partial charge in [0.2, 0.25) is 0 Å². The lowest BCUT2D eigenvalue weighted by Crippen LogP contribution is -2.18. The molecule has 2 heterocycles. The van der Waals surface area contributed by atoms with Gasteiger partial charge in [0.1, 0.15) is 5.82 Å². The molecule has 1 fully saturated rings. The van der Waals surface area contributed by atoms with Crippen molar-refractivity contribution >= 4 is 11.8 Å². The maximum atomic E-state index is 11.6. The van der Waals surface area contributed by atoms with Crippen molar-refractivity contribution in [2.24, 2.45) is 5.92 Å². The van der Waals surface area contributed by atoms with Gasteiger partial charge < -0.3 is 14.8 Å². The Kier molecular flexibility index (Phi) is 5.43. The maximum absolute atomic E-state index is 11.6. The molecular weight excluding hydrogens is 304 g/mol. The molecule has 1 aromatic heterocycles. The van der Waals surface area contributed by atoms with E-state index in [4.69, 9.17) is 9.47 Å². The summed E-state index contributed by atoms with van der Waals surface area (Å²) in [6, 6.07) is 13.8. The number of rotatable bonds is 6. The van der Waals surface area contributed by atoms with Crippen LogP contribution in [-0.2, 0) is 9.47 Å². The summed E-state index contributed by atoms with van der Waals surface area (Å²) in [5.74, 6) is 0.811. The molecule has 0 radical (unpaired) electrons. The molecule has 0 aliphatic carbocycles. The summed E-state index contributed by atoms with van der Waals surface area (Å²) >= 11 is 0. The van der Waals surface area contributed by atoms with Gasteiger partial charge in [-0.2, -0.15) is 0 Å². The van der Waals surface area contributed by atoms with Crippen LogP contribution in [-0.4, -0.2) is 30.7 Å². The molecule has 5 heteroatoms. The van der Waals surface area contributed by atoms with E-state index in [1.807, 2.05) is 18.2 Å². The van der Waals surface area contributed by atoms with Crippen LogP contribution < -0.4 is 5.32 Å². The quantitative estimate of drug-likeness (QED) is 0.824. The van der Waals surface area contributed by atoms with Crippen LogP contribution in [0.1, 0.15) is 35.4 Å². The van der Waals surface area contributed by atoms with Crippen molar-refractivity contribution in [3.63, 3.8) is 0 Å². The van der Waals surface area contributed by atoms with Gasteiger partial charge in [0, 0.05) is 25.3 Å². The van der Waals surface area contributed by atoms with Crippen LogP contribution in [0, 0.1) is 5.92 Å². The topological polar surface area (TPSA) is 60.5 Å². The maximum Gasteiger partial charge on any atom is 0.339 e. The Hall–Kier alpha value is -2.40. The van der Waals surface area contributed by atoms with Gasteiger partial charge in [0.25, 0.3) is 0 Å². The zero-order valence-electron chi connectivity index (χ0n) is 13.8. The number of carbonyl (C=O) groups excluding carboxylic acids is 1. The third kappa shape index (κ3) is 3.92. The van der Waals surface area contributed by atoms with Crippen molar-refractivity contribution in [2.45, 2.75) is 19.4 Å². The lowest BCUT2D eigenvalue weighted by atomic mass is 9.95. The van der Waals surface area contributed by atoms with Crippen LogP contribution in [0.25, 0.3) is 0 Å².